The zero-order valence-electron chi connectivity index (χ0n) is 49.2. The number of hydrogen-bond acceptors (Lipinski definition) is 4. The van der Waals surface area contributed by atoms with Crippen molar-refractivity contribution in [3.63, 3.8) is 0 Å². The van der Waals surface area contributed by atoms with Crippen molar-refractivity contribution in [2.75, 3.05) is 0 Å². The molecular weight excluding hydrogens is 1110 g/mol. The van der Waals surface area contributed by atoms with Gasteiger partial charge in [0.05, 0.1) is 67.3 Å². The predicted molar refractivity (Wildman–Crippen MR) is 373 cm³/mol. The Morgan fingerprint density at radius 2 is 0.736 bits per heavy atom. The van der Waals surface area contributed by atoms with Crippen molar-refractivity contribution < 1.29 is 0 Å². The SMILES string of the molecule is N#Cc1ccccc1-c1ccc(-n2c3c(c4cc5c6ccccc6n(-c6ccccc6)c5cc42)CC=CC=C3)c(-c2cc(-c3nc(-c4ccccc4)nc(-c4ccccc4)n3)ccc2-n2c3ccccc3c3cc4c5ccccc5n(-c5ccccc5)c4cc32)c1. The second kappa shape index (κ2) is 20.9. The van der Waals surface area contributed by atoms with Gasteiger partial charge in [-0.05, 0) is 132 Å². The van der Waals surface area contributed by atoms with Crippen molar-refractivity contribution in [1.29, 1.82) is 5.26 Å². The van der Waals surface area contributed by atoms with Crippen molar-refractivity contribution in [3.05, 3.63) is 314 Å². The number of nitrogens with zero attached hydrogens (tertiary/aromatic N) is 8. The minimum Gasteiger partial charge on any atom is -0.309 e. The average molecular weight is 1160 g/mol. The first-order chi connectivity index (χ1) is 45.1. The maximum absolute atomic E-state index is 10.9. The molecule has 5 heterocycles. The van der Waals surface area contributed by atoms with Crippen LogP contribution >= 0.6 is 0 Å². The second-order valence-electron chi connectivity index (χ2n) is 23.4. The monoisotopic (exact) mass is 1160 g/mol. The Balaban J connectivity index is 0.992. The summed E-state index contributed by atoms with van der Waals surface area (Å²) in [5.41, 5.74) is 20.9. The lowest BCUT2D eigenvalue weighted by molar-refractivity contribution is 1.07. The zero-order valence-corrected chi connectivity index (χ0v) is 49.2. The normalized spacial score (nSPS) is 12.3. The van der Waals surface area contributed by atoms with Gasteiger partial charge in [0, 0.05) is 76.9 Å². The van der Waals surface area contributed by atoms with E-state index >= 15 is 0 Å². The number of hydrogen-bond donors (Lipinski definition) is 0. The van der Waals surface area contributed by atoms with Crippen LogP contribution in [0.1, 0.15) is 16.8 Å². The lowest BCUT2D eigenvalue weighted by atomic mass is 9.92. The van der Waals surface area contributed by atoms with Gasteiger partial charge in [0.2, 0.25) is 0 Å². The van der Waals surface area contributed by atoms with Crippen molar-refractivity contribution in [1.82, 2.24) is 33.2 Å². The van der Waals surface area contributed by atoms with Crippen LogP contribution in [0.25, 0.3) is 162 Å². The van der Waals surface area contributed by atoms with Crippen molar-refractivity contribution in [2.24, 2.45) is 0 Å². The fourth-order valence-corrected chi connectivity index (χ4v) is 14.3. The molecule has 1 aliphatic carbocycles. The highest BCUT2D eigenvalue weighted by Crippen LogP contribution is 2.47. The molecule has 0 saturated heterocycles. The van der Waals surface area contributed by atoms with Crippen LogP contribution in [0.5, 0.6) is 0 Å². The van der Waals surface area contributed by atoms with Gasteiger partial charge >= 0.3 is 0 Å². The van der Waals surface area contributed by atoms with Gasteiger partial charge in [-0.15, -0.1) is 0 Å². The molecule has 0 radical (unpaired) electrons. The third-order valence-electron chi connectivity index (χ3n) is 18.3. The van der Waals surface area contributed by atoms with Gasteiger partial charge in [-0.1, -0.05) is 194 Å². The molecule has 424 valence electrons. The smallest absolute Gasteiger partial charge is 0.164 e. The molecule has 0 bridgehead atoms. The van der Waals surface area contributed by atoms with E-state index in [4.69, 9.17) is 15.0 Å². The van der Waals surface area contributed by atoms with Crippen molar-refractivity contribution in [3.8, 4) is 85.2 Å². The number of benzene rings is 12. The highest BCUT2D eigenvalue weighted by molar-refractivity contribution is 6.20. The third-order valence-corrected chi connectivity index (χ3v) is 18.3. The highest BCUT2D eigenvalue weighted by Gasteiger charge is 2.27. The highest BCUT2D eigenvalue weighted by atomic mass is 15.1. The molecule has 0 atom stereocenters. The quantitative estimate of drug-likeness (QED) is 0.144. The Labute approximate surface area is 523 Å². The predicted octanol–water partition coefficient (Wildman–Crippen LogP) is 20.4. The molecular formula is C83H52N8. The second-order valence-corrected chi connectivity index (χ2v) is 23.4. The van der Waals surface area contributed by atoms with Gasteiger partial charge < -0.3 is 18.3 Å². The number of rotatable bonds is 9. The van der Waals surface area contributed by atoms with E-state index in [1.54, 1.807) is 0 Å². The number of fused-ring (bicyclic) bond motifs is 12. The topological polar surface area (TPSA) is 82.2 Å². The molecule has 5 aromatic heterocycles. The lowest BCUT2D eigenvalue weighted by Crippen LogP contribution is -2.05. The molecule has 0 spiro atoms. The Morgan fingerprint density at radius 3 is 1.30 bits per heavy atom. The summed E-state index contributed by atoms with van der Waals surface area (Å²) < 4.78 is 9.77. The van der Waals surface area contributed by atoms with E-state index in [0.717, 1.165) is 123 Å². The maximum Gasteiger partial charge on any atom is 0.164 e. The number of aromatic nitrogens is 7. The van der Waals surface area contributed by atoms with Crippen molar-refractivity contribution in [2.45, 2.75) is 6.42 Å². The van der Waals surface area contributed by atoms with Gasteiger partial charge in [0.1, 0.15) is 0 Å². The summed E-state index contributed by atoms with van der Waals surface area (Å²) in [6.07, 6.45) is 9.62. The molecule has 8 heteroatoms. The minimum absolute atomic E-state index is 0.537. The third kappa shape index (κ3) is 8.26. The summed E-state index contributed by atoms with van der Waals surface area (Å²) in [5, 5.41) is 19.1. The average Bonchev–Trinajstić information content (AvgIpc) is 1.60. The van der Waals surface area contributed by atoms with E-state index in [0.29, 0.717) is 23.0 Å². The number of nitriles is 1. The summed E-state index contributed by atoms with van der Waals surface area (Å²) in [4.78, 5) is 15.9. The fraction of sp³-hybridized carbons (Fsp3) is 0.0120. The van der Waals surface area contributed by atoms with E-state index in [1.165, 1.54) is 32.5 Å². The van der Waals surface area contributed by atoms with Crippen LogP contribution in [-0.2, 0) is 6.42 Å². The van der Waals surface area contributed by atoms with Gasteiger partial charge in [-0.3, -0.25) is 0 Å². The molecule has 0 amide bonds. The largest absolute Gasteiger partial charge is 0.309 e. The van der Waals surface area contributed by atoms with E-state index in [-0.39, 0.29) is 0 Å². The zero-order chi connectivity index (χ0) is 60.1. The van der Waals surface area contributed by atoms with Gasteiger partial charge in [-0.25, -0.2) is 15.0 Å². The van der Waals surface area contributed by atoms with Crippen LogP contribution in [0.15, 0.2) is 297 Å². The van der Waals surface area contributed by atoms with Crippen LogP contribution < -0.4 is 0 Å². The molecule has 1 aliphatic rings. The van der Waals surface area contributed by atoms with E-state index in [9.17, 15) is 5.26 Å². The van der Waals surface area contributed by atoms with Crippen LogP contribution in [0, 0.1) is 11.3 Å². The number of allylic oxidation sites excluding steroid dienone is 3. The number of para-hydroxylation sites is 5. The molecule has 0 unspecified atom stereocenters. The lowest BCUT2D eigenvalue weighted by Gasteiger charge is -2.21. The summed E-state index contributed by atoms with van der Waals surface area (Å²) in [6.45, 7) is 0. The molecule has 8 nitrogen and oxygen atoms in total. The van der Waals surface area contributed by atoms with Crippen LogP contribution in [0.2, 0.25) is 0 Å². The first-order valence-electron chi connectivity index (χ1n) is 30.8. The molecule has 0 saturated carbocycles. The van der Waals surface area contributed by atoms with Crippen LogP contribution in [-0.4, -0.2) is 33.2 Å². The maximum atomic E-state index is 10.9. The standard InChI is InChI=1S/C83H52N8/c84-52-57-28-16-17-33-60(57)55-42-44-75(90-73-38-15-5-14-34-63(73)69-48-67-61-35-18-21-39-71(61)88(77(67)50-79(69)90)58-29-10-3-11-30-58)65(46-55)66-47-56(83-86-81(53-24-6-1-7-25-53)85-82(87-83)54-26-8-2-9-27-54)43-45-76(66)91-74-41-23-20-37-64(74)70-49-68-62-36-19-22-40-72(62)89(78(68)51-80(70)91)59-31-12-4-13-32-59/h1-33,35-51H,34H2. The first-order valence-corrected chi connectivity index (χ1v) is 30.8. The van der Waals surface area contributed by atoms with Crippen LogP contribution in [0.3, 0.4) is 0 Å². The first kappa shape index (κ1) is 51.8. The molecule has 0 fully saturated rings. The summed E-state index contributed by atoms with van der Waals surface area (Å²) >= 11 is 0. The summed E-state index contributed by atoms with van der Waals surface area (Å²) in [7, 11) is 0. The molecule has 0 N–H and O–H groups in total. The molecule has 0 aliphatic heterocycles. The van der Waals surface area contributed by atoms with E-state index in [2.05, 4.69) is 273 Å². The summed E-state index contributed by atoms with van der Waals surface area (Å²) in [6, 6.07) is 102. The molecule has 12 aromatic carbocycles. The minimum atomic E-state index is 0.537. The van der Waals surface area contributed by atoms with Crippen LogP contribution in [0.4, 0.5) is 0 Å². The molecule has 18 rings (SSSR count). The Bertz CT molecular complexity index is 5860. The molecule has 17 aromatic rings. The van der Waals surface area contributed by atoms with Gasteiger partial charge in [-0.2, -0.15) is 5.26 Å². The Kier molecular flexibility index (Phi) is 11.9. The van der Waals surface area contributed by atoms with E-state index in [1.807, 2.05) is 54.6 Å². The Hall–Kier alpha value is -12.4. The fourth-order valence-electron chi connectivity index (χ4n) is 14.3. The summed E-state index contributed by atoms with van der Waals surface area (Å²) in [5.74, 6) is 1.69. The molecule has 91 heavy (non-hydrogen) atoms. The Morgan fingerprint density at radius 1 is 0.308 bits per heavy atom. The van der Waals surface area contributed by atoms with E-state index < -0.39 is 0 Å². The van der Waals surface area contributed by atoms with Crippen molar-refractivity contribution >= 4 is 82.4 Å². The van der Waals surface area contributed by atoms with Gasteiger partial charge in [0.15, 0.2) is 17.5 Å². The van der Waals surface area contributed by atoms with Gasteiger partial charge in [0.25, 0.3) is 0 Å².